The molecule has 0 amide bonds. The Morgan fingerprint density at radius 3 is 2.71 bits per heavy atom. The molecule has 2 aliphatic rings. The van der Waals surface area contributed by atoms with Gasteiger partial charge in [0.2, 0.25) is 0 Å². The highest BCUT2D eigenvalue weighted by Crippen LogP contribution is 2.35. The Labute approximate surface area is 119 Å². The van der Waals surface area contributed by atoms with Crippen molar-refractivity contribution in [1.29, 1.82) is 0 Å². The van der Waals surface area contributed by atoms with E-state index in [-0.39, 0.29) is 13.0 Å². The smallest absolute Gasteiger partial charge is 0.395 e. The van der Waals surface area contributed by atoms with Crippen LogP contribution in [0.15, 0.2) is 36.9 Å². The highest BCUT2D eigenvalue weighted by atomic mass is 19.4. The Morgan fingerprint density at radius 2 is 2.00 bits per heavy atom. The second kappa shape index (κ2) is 5.31. The second-order valence-corrected chi connectivity index (χ2v) is 4.76. The maximum absolute atomic E-state index is 12.9. The van der Waals surface area contributed by atoms with E-state index in [2.05, 4.69) is 10.3 Å². The van der Waals surface area contributed by atoms with Crippen LogP contribution in [-0.2, 0) is 9.47 Å². The summed E-state index contributed by atoms with van der Waals surface area (Å²) in [6, 6.07) is 3.37. The van der Waals surface area contributed by atoms with Gasteiger partial charge in [-0.3, -0.25) is 4.98 Å². The molecule has 1 aromatic rings. The van der Waals surface area contributed by atoms with Crippen LogP contribution in [0.25, 0.3) is 5.70 Å². The highest BCUT2D eigenvalue weighted by molar-refractivity contribution is 5.67. The predicted molar refractivity (Wildman–Crippen MR) is 68.4 cm³/mol. The Balaban J connectivity index is 1.94. The van der Waals surface area contributed by atoms with Crippen molar-refractivity contribution in [1.82, 2.24) is 10.3 Å². The first-order valence-corrected chi connectivity index (χ1v) is 6.49. The van der Waals surface area contributed by atoms with Gasteiger partial charge in [0.25, 0.3) is 6.29 Å². The molecule has 2 aliphatic heterocycles. The van der Waals surface area contributed by atoms with Gasteiger partial charge in [-0.1, -0.05) is 0 Å². The summed E-state index contributed by atoms with van der Waals surface area (Å²) in [5, 5.41) is 2.99. The maximum Gasteiger partial charge on any atom is 0.395 e. The van der Waals surface area contributed by atoms with E-state index in [1.54, 1.807) is 18.3 Å². The highest BCUT2D eigenvalue weighted by Gasteiger charge is 2.39. The van der Waals surface area contributed by atoms with Crippen molar-refractivity contribution in [2.45, 2.75) is 18.9 Å². The Hall–Kier alpha value is -2.18. The molecule has 7 heteroatoms. The summed E-state index contributed by atoms with van der Waals surface area (Å²) in [7, 11) is 0. The number of ether oxygens (including phenoxy) is 2. The zero-order valence-corrected chi connectivity index (χ0v) is 10.9. The normalized spacial score (nSPS) is 22.2. The van der Waals surface area contributed by atoms with Crippen LogP contribution < -0.4 is 5.32 Å². The van der Waals surface area contributed by atoms with Crippen LogP contribution in [0.2, 0.25) is 0 Å². The van der Waals surface area contributed by atoms with Gasteiger partial charge in [0.05, 0.1) is 5.92 Å². The van der Waals surface area contributed by atoms with Crippen LogP contribution in [0, 0.1) is 5.92 Å². The lowest BCUT2D eigenvalue weighted by Crippen LogP contribution is -2.31. The van der Waals surface area contributed by atoms with E-state index in [0.29, 0.717) is 17.0 Å². The zero-order valence-electron chi connectivity index (χ0n) is 10.9. The molecule has 21 heavy (non-hydrogen) atoms. The fraction of sp³-hybridized carbons (Fsp3) is 0.357. The Bertz CT molecular complexity index is 576. The molecule has 4 nitrogen and oxygen atoms in total. The van der Waals surface area contributed by atoms with Gasteiger partial charge in [0.15, 0.2) is 0 Å². The second-order valence-electron chi connectivity index (χ2n) is 4.76. The molecule has 3 rings (SSSR count). The van der Waals surface area contributed by atoms with Gasteiger partial charge in [-0.2, -0.15) is 13.2 Å². The molecule has 1 aromatic heterocycles. The van der Waals surface area contributed by atoms with E-state index in [1.807, 2.05) is 0 Å². The summed E-state index contributed by atoms with van der Waals surface area (Å²) in [4.78, 5) is 4.17. The van der Waals surface area contributed by atoms with Gasteiger partial charge in [-0.15, -0.1) is 0 Å². The summed E-state index contributed by atoms with van der Waals surface area (Å²) in [5.74, 6) is -1.45. The molecule has 0 aromatic carbocycles. The van der Waals surface area contributed by atoms with Crippen LogP contribution in [0.4, 0.5) is 13.2 Å². The van der Waals surface area contributed by atoms with Crippen LogP contribution in [0.3, 0.4) is 0 Å². The number of alkyl halides is 3. The SMILES string of the molecule is FC(F)(F)C1C=C(c2cccnc2C2OC=CO2)NCC1. The third-order valence-electron chi connectivity index (χ3n) is 3.37. The number of nitrogens with zero attached hydrogens (tertiary/aromatic N) is 1. The first kappa shape index (κ1) is 13.8. The fourth-order valence-electron chi connectivity index (χ4n) is 2.35. The minimum Gasteiger partial charge on any atom is -0.454 e. The average Bonchev–Trinajstić information content (AvgIpc) is 3.01. The van der Waals surface area contributed by atoms with Crippen molar-refractivity contribution in [3.8, 4) is 0 Å². The first-order chi connectivity index (χ1) is 10.1. The van der Waals surface area contributed by atoms with Gasteiger partial charge in [0, 0.05) is 24.0 Å². The number of pyridine rings is 1. The van der Waals surface area contributed by atoms with E-state index in [4.69, 9.17) is 9.47 Å². The quantitative estimate of drug-likeness (QED) is 0.911. The largest absolute Gasteiger partial charge is 0.454 e. The van der Waals surface area contributed by atoms with Crippen molar-refractivity contribution in [3.05, 3.63) is 48.2 Å². The molecule has 0 bridgehead atoms. The van der Waals surface area contributed by atoms with E-state index in [0.717, 1.165) is 0 Å². The molecule has 0 spiro atoms. The maximum atomic E-state index is 12.9. The predicted octanol–water partition coefficient (Wildman–Crippen LogP) is 3.11. The van der Waals surface area contributed by atoms with Crippen molar-refractivity contribution in [2.24, 2.45) is 5.92 Å². The molecule has 0 radical (unpaired) electrons. The minimum absolute atomic E-state index is 0.0284. The molecule has 0 saturated heterocycles. The van der Waals surface area contributed by atoms with E-state index >= 15 is 0 Å². The van der Waals surface area contributed by atoms with Gasteiger partial charge < -0.3 is 14.8 Å². The van der Waals surface area contributed by atoms with Crippen LogP contribution in [0.5, 0.6) is 0 Å². The number of aromatic nitrogens is 1. The lowest BCUT2D eigenvalue weighted by Gasteiger charge is -2.26. The average molecular weight is 298 g/mol. The van der Waals surface area contributed by atoms with E-state index in [9.17, 15) is 13.2 Å². The van der Waals surface area contributed by atoms with Crippen LogP contribution in [0.1, 0.15) is 24.0 Å². The third-order valence-corrected chi connectivity index (χ3v) is 3.37. The zero-order chi connectivity index (χ0) is 14.9. The molecule has 0 aliphatic carbocycles. The van der Waals surface area contributed by atoms with E-state index in [1.165, 1.54) is 18.6 Å². The molecule has 112 valence electrons. The van der Waals surface area contributed by atoms with E-state index < -0.39 is 18.4 Å². The molecular formula is C14H13F3N2O2. The Morgan fingerprint density at radius 1 is 1.24 bits per heavy atom. The summed E-state index contributed by atoms with van der Waals surface area (Å²) < 4.78 is 49.1. The van der Waals surface area contributed by atoms with Gasteiger partial charge in [0.1, 0.15) is 18.2 Å². The summed E-state index contributed by atoms with van der Waals surface area (Å²) in [6.45, 7) is 0.259. The van der Waals surface area contributed by atoms with Crippen molar-refractivity contribution < 1.29 is 22.6 Å². The van der Waals surface area contributed by atoms with Gasteiger partial charge >= 0.3 is 6.18 Å². The lowest BCUT2D eigenvalue weighted by atomic mass is 9.96. The molecular weight excluding hydrogens is 285 g/mol. The topological polar surface area (TPSA) is 43.4 Å². The summed E-state index contributed by atoms with van der Waals surface area (Å²) >= 11 is 0. The van der Waals surface area contributed by atoms with Crippen LogP contribution in [-0.4, -0.2) is 17.7 Å². The Kier molecular flexibility index (Phi) is 3.48. The number of halogens is 3. The van der Waals surface area contributed by atoms with Gasteiger partial charge in [-0.05, 0) is 24.6 Å². The minimum atomic E-state index is -4.24. The first-order valence-electron chi connectivity index (χ1n) is 6.49. The molecule has 0 saturated carbocycles. The summed E-state index contributed by atoms with van der Waals surface area (Å²) in [5.41, 5.74) is 1.41. The standard InChI is InChI=1S/C14H13F3N2O2/c15-14(16,17)9-3-5-18-11(8-9)10-2-1-4-19-12(10)13-20-6-7-21-13/h1-2,4,6-9,13,18H,3,5H2. The van der Waals surface area contributed by atoms with Gasteiger partial charge in [-0.25, -0.2) is 0 Å². The van der Waals surface area contributed by atoms with Crippen LogP contribution >= 0.6 is 0 Å². The molecule has 0 fully saturated rings. The van der Waals surface area contributed by atoms with Crippen molar-refractivity contribution in [3.63, 3.8) is 0 Å². The molecule has 3 heterocycles. The van der Waals surface area contributed by atoms with Crippen molar-refractivity contribution >= 4 is 5.70 Å². The number of hydrogen-bond acceptors (Lipinski definition) is 4. The molecule has 1 atom stereocenters. The molecule has 1 N–H and O–H groups in total. The molecule has 1 unspecified atom stereocenters. The number of hydrogen-bond donors (Lipinski definition) is 1. The lowest BCUT2D eigenvalue weighted by molar-refractivity contribution is -0.162. The third kappa shape index (κ3) is 2.81. The number of nitrogens with one attached hydrogen (secondary N) is 1. The summed E-state index contributed by atoms with van der Waals surface area (Å²) in [6.07, 6.45) is 0.573. The fourth-order valence-corrected chi connectivity index (χ4v) is 2.35. The number of allylic oxidation sites excluding steroid dienone is 1. The number of rotatable bonds is 2. The van der Waals surface area contributed by atoms with Crippen molar-refractivity contribution in [2.75, 3.05) is 6.54 Å². The monoisotopic (exact) mass is 298 g/mol.